The largest absolute Gasteiger partial charge is 0.309 e. The lowest BCUT2D eigenvalue weighted by atomic mass is 9.93. The van der Waals surface area contributed by atoms with Crippen molar-refractivity contribution in [2.24, 2.45) is 0 Å². The van der Waals surface area contributed by atoms with Crippen molar-refractivity contribution in [1.82, 2.24) is 10.2 Å². The van der Waals surface area contributed by atoms with Gasteiger partial charge >= 0.3 is 0 Å². The van der Waals surface area contributed by atoms with E-state index in [4.69, 9.17) is 0 Å². The number of nitrogens with one attached hydrogen (secondary N) is 1. The van der Waals surface area contributed by atoms with Gasteiger partial charge in [-0.25, -0.2) is 0 Å². The maximum absolute atomic E-state index is 3.67. The molecule has 0 aromatic carbocycles. The Hall–Kier alpha value is -0.0800. The first-order chi connectivity index (χ1) is 7.54. The molecule has 2 nitrogen and oxygen atoms in total. The molecule has 1 saturated heterocycles. The van der Waals surface area contributed by atoms with Crippen LogP contribution in [0.5, 0.6) is 0 Å². The van der Waals surface area contributed by atoms with Crippen molar-refractivity contribution in [3.05, 3.63) is 0 Å². The van der Waals surface area contributed by atoms with Gasteiger partial charge in [0.25, 0.3) is 0 Å². The number of rotatable bonds is 5. The van der Waals surface area contributed by atoms with E-state index in [9.17, 15) is 0 Å². The summed E-state index contributed by atoms with van der Waals surface area (Å²) in [6.45, 7) is 14.0. The van der Waals surface area contributed by atoms with E-state index >= 15 is 0 Å². The van der Waals surface area contributed by atoms with Crippen LogP contribution in [0.25, 0.3) is 0 Å². The Balaban J connectivity index is 2.69. The second kappa shape index (κ2) is 6.02. The van der Waals surface area contributed by atoms with Crippen LogP contribution in [-0.2, 0) is 0 Å². The third-order valence-electron chi connectivity index (χ3n) is 3.90. The summed E-state index contributed by atoms with van der Waals surface area (Å²) in [5.74, 6) is 0. The molecule has 0 amide bonds. The molecule has 0 aromatic rings. The topological polar surface area (TPSA) is 15.3 Å². The van der Waals surface area contributed by atoms with Gasteiger partial charge in [-0.1, -0.05) is 27.2 Å². The summed E-state index contributed by atoms with van der Waals surface area (Å²) in [4.78, 5) is 2.76. The van der Waals surface area contributed by atoms with Gasteiger partial charge in [0.2, 0.25) is 0 Å². The fourth-order valence-corrected chi connectivity index (χ4v) is 2.90. The Morgan fingerprint density at radius 1 is 1.31 bits per heavy atom. The van der Waals surface area contributed by atoms with Gasteiger partial charge in [-0.2, -0.15) is 0 Å². The SMILES string of the molecule is CCCC(CC)N1CC(C)(C)NCC1CC. The molecule has 0 spiro atoms. The van der Waals surface area contributed by atoms with Crippen LogP contribution in [0.1, 0.15) is 60.3 Å². The number of piperazine rings is 1. The molecule has 0 bridgehead atoms. The highest BCUT2D eigenvalue weighted by atomic mass is 15.3. The lowest BCUT2D eigenvalue weighted by Gasteiger charge is -2.48. The monoisotopic (exact) mass is 226 g/mol. The Morgan fingerprint density at radius 3 is 2.50 bits per heavy atom. The first kappa shape index (κ1) is 14.0. The minimum Gasteiger partial charge on any atom is -0.309 e. The molecule has 2 unspecified atom stereocenters. The van der Waals surface area contributed by atoms with Crippen molar-refractivity contribution in [2.45, 2.75) is 77.9 Å². The van der Waals surface area contributed by atoms with E-state index < -0.39 is 0 Å². The Kier molecular flexibility index (Phi) is 5.26. The first-order valence-corrected chi connectivity index (χ1v) is 7.04. The normalized spacial score (nSPS) is 27.9. The standard InChI is InChI=1S/C14H30N2/c1-6-9-12(7-2)16-11-14(4,5)15-10-13(16)8-3/h12-13,15H,6-11H2,1-5H3. The van der Waals surface area contributed by atoms with E-state index in [1.54, 1.807) is 0 Å². The first-order valence-electron chi connectivity index (χ1n) is 7.04. The average molecular weight is 226 g/mol. The number of hydrogen-bond donors (Lipinski definition) is 1. The highest BCUT2D eigenvalue weighted by molar-refractivity contribution is 4.94. The Morgan fingerprint density at radius 2 is 2.00 bits per heavy atom. The van der Waals surface area contributed by atoms with Crippen molar-refractivity contribution in [2.75, 3.05) is 13.1 Å². The van der Waals surface area contributed by atoms with Crippen LogP contribution in [-0.4, -0.2) is 35.6 Å². The van der Waals surface area contributed by atoms with Crippen LogP contribution in [0.4, 0.5) is 0 Å². The Labute approximate surface area is 102 Å². The highest BCUT2D eigenvalue weighted by Crippen LogP contribution is 2.23. The van der Waals surface area contributed by atoms with E-state index in [1.165, 1.54) is 32.2 Å². The van der Waals surface area contributed by atoms with Crippen LogP contribution < -0.4 is 5.32 Å². The van der Waals surface area contributed by atoms with Crippen LogP contribution in [0.3, 0.4) is 0 Å². The molecule has 1 rings (SSSR count). The minimum atomic E-state index is 0.285. The summed E-state index contributed by atoms with van der Waals surface area (Å²) in [6.07, 6.45) is 5.21. The molecular formula is C14H30N2. The molecule has 2 heteroatoms. The molecule has 2 atom stereocenters. The minimum absolute atomic E-state index is 0.285. The van der Waals surface area contributed by atoms with Gasteiger partial charge in [0.05, 0.1) is 0 Å². The highest BCUT2D eigenvalue weighted by Gasteiger charge is 2.34. The Bertz CT molecular complexity index is 201. The predicted molar refractivity (Wildman–Crippen MR) is 71.9 cm³/mol. The zero-order valence-electron chi connectivity index (χ0n) is 11.8. The third-order valence-corrected chi connectivity index (χ3v) is 3.90. The quantitative estimate of drug-likeness (QED) is 0.775. The molecule has 96 valence electrons. The average Bonchev–Trinajstić information content (AvgIpc) is 2.25. The fourth-order valence-electron chi connectivity index (χ4n) is 2.90. The van der Waals surface area contributed by atoms with E-state index in [2.05, 4.69) is 44.8 Å². The summed E-state index contributed by atoms with van der Waals surface area (Å²) < 4.78 is 0. The lowest BCUT2D eigenvalue weighted by molar-refractivity contribution is 0.0461. The molecule has 0 aliphatic carbocycles. The van der Waals surface area contributed by atoms with Gasteiger partial charge in [-0.3, -0.25) is 4.90 Å². The summed E-state index contributed by atoms with van der Waals surface area (Å²) in [5, 5.41) is 3.67. The van der Waals surface area contributed by atoms with E-state index in [-0.39, 0.29) is 5.54 Å². The van der Waals surface area contributed by atoms with Crippen LogP contribution >= 0.6 is 0 Å². The van der Waals surface area contributed by atoms with E-state index in [0.29, 0.717) is 0 Å². The van der Waals surface area contributed by atoms with Gasteiger partial charge in [-0.15, -0.1) is 0 Å². The number of nitrogens with zero attached hydrogens (tertiary/aromatic N) is 1. The smallest absolute Gasteiger partial charge is 0.0253 e. The molecule has 1 heterocycles. The zero-order chi connectivity index (χ0) is 12.2. The molecule has 0 saturated carbocycles. The zero-order valence-corrected chi connectivity index (χ0v) is 11.8. The van der Waals surface area contributed by atoms with Gasteiger partial charge < -0.3 is 5.32 Å². The maximum Gasteiger partial charge on any atom is 0.0253 e. The van der Waals surface area contributed by atoms with E-state index in [1.807, 2.05) is 0 Å². The van der Waals surface area contributed by atoms with Crippen molar-refractivity contribution in [3.8, 4) is 0 Å². The second-order valence-corrected chi connectivity index (χ2v) is 5.85. The van der Waals surface area contributed by atoms with Gasteiger partial charge in [0.15, 0.2) is 0 Å². The van der Waals surface area contributed by atoms with Crippen molar-refractivity contribution in [3.63, 3.8) is 0 Å². The van der Waals surface area contributed by atoms with Crippen LogP contribution in [0.2, 0.25) is 0 Å². The third kappa shape index (κ3) is 3.46. The molecule has 1 fully saturated rings. The van der Waals surface area contributed by atoms with Gasteiger partial charge in [-0.05, 0) is 33.1 Å². The molecule has 16 heavy (non-hydrogen) atoms. The molecule has 0 aromatic heterocycles. The summed E-state index contributed by atoms with van der Waals surface area (Å²) in [7, 11) is 0. The van der Waals surface area contributed by atoms with Crippen LogP contribution in [0.15, 0.2) is 0 Å². The molecular weight excluding hydrogens is 196 g/mol. The molecule has 0 radical (unpaired) electrons. The van der Waals surface area contributed by atoms with Crippen LogP contribution in [0, 0.1) is 0 Å². The lowest BCUT2D eigenvalue weighted by Crippen LogP contribution is -2.63. The van der Waals surface area contributed by atoms with Gasteiger partial charge in [0.1, 0.15) is 0 Å². The van der Waals surface area contributed by atoms with E-state index in [0.717, 1.165) is 18.6 Å². The maximum atomic E-state index is 3.67. The predicted octanol–water partition coefficient (Wildman–Crippen LogP) is 3.03. The second-order valence-electron chi connectivity index (χ2n) is 5.85. The molecule has 1 aliphatic rings. The van der Waals surface area contributed by atoms with Crippen molar-refractivity contribution < 1.29 is 0 Å². The fraction of sp³-hybridized carbons (Fsp3) is 1.00. The van der Waals surface area contributed by atoms with Crippen molar-refractivity contribution in [1.29, 1.82) is 0 Å². The molecule has 1 N–H and O–H groups in total. The summed E-state index contributed by atoms with van der Waals surface area (Å²) in [6, 6.07) is 1.53. The summed E-state index contributed by atoms with van der Waals surface area (Å²) >= 11 is 0. The summed E-state index contributed by atoms with van der Waals surface area (Å²) in [5.41, 5.74) is 0.285. The number of hydrogen-bond acceptors (Lipinski definition) is 2. The van der Waals surface area contributed by atoms with Gasteiger partial charge in [0, 0.05) is 30.7 Å². The van der Waals surface area contributed by atoms with Crippen molar-refractivity contribution >= 4 is 0 Å². The molecule has 1 aliphatic heterocycles.